The molecule has 0 saturated carbocycles. The fourth-order valence-electron chi connectivity index (χ4n) is 4.39. The number of piperidine rings is 1. The zero-order valence-corrected chi connectivity index (χ0v) is 18.6. The first-order valence-corrected chi connectivity index (χ1v) is 11.3. The van der Waals surface area contributed by atoms with Crippen LogP contribution in [0.3, 0.4) is 0 Å². The summed E-state index contributed by atoms with van der Waals surface area (Å²) in [4.78, 5) is 29.3. The summed E-state index contributed by atoms with van der Waals surface area (Å²) in [5, 5.41) is 3.12. The number of rotatable bonds is 7. The molecule has 0 aromatic heterocycles. The van der Waals surface area contributed by atoms with Crippen LogP contribution in [0.5, 0.6) is 11.5 Å². The number of methoxy groups -OCH3 is 1. The molecule has 170 valence electrons. The lowest BCUT2D eigenvalue weighted by Crippen LogP contribution is -2.44. The number of amides is 2. The molecular formula is C25H31N3O4. The number of anilines is 1. The molecule has 0 aliphatic carbocycles. The van der Waals surface area contributed by atoms with Gasteiger partial charge in [0.05, 0.1) is 19.3 Å². The molecular weight excluding hydrogens is 406 g/mol. The molecule has 2 aliphatic heterocycles. The van der Waals surface area contributed by atoms with E-state index in [1.165, 1.54) is 5.56 Å². The Labute approximate surface area is 189 Å². The van der Waals surface area contributed by atoms with Gasteiger partial charge in [-0.05, 0) is 31.0 Å². The van der Waals surface area contributed by atoms with Crippen LogP contribution in [0.15, 0.2) is 48.5 Å². The predicted octanol–water partition coefficient (Wildman–Crippen LogP) is 2.98. The average molecular weight is 438 g/mol. The number of hydrogen-bond acceptors (Lipinski definition) is 5. The Balaban J connectivity index is 1.20. The Bertz CT molecular complexity index is 940. The molecule has 2 amide bonds. The molecule has 0 spiro atoms. The van der Waals surface area contributed by atoms with Crippen LogP contribution in [0, 0.1) is 0 Å². The second kappa shape index (κ2) is 10.5. The third kappa shape index (κ3) is 5.40. The standard InChI is InChI=1S/C25H31N3O4/c1-31-22-8-4-2-6-19(22)18-27-14-12-20(13-15-27)26-24(29)10-11-25(30)28-16-17-32-23-9-5-3-7-21(23)28/h2-9,20H,10-18H2,1H3,(H,26,29). The highest BCUT2D eigenvalue weighted by Gasteiger charge is 2.25. The van der Waals surface area contributed by atoms with Crippen molar-refractivity contribution in [1.82, 2.24) is 10.2 Å². The molecule has 1 saturated heterocycles. The summed E-state index contributed by atoms with van der Waals surface area (Å²) in [5.41, 5.74) is 1.97. The van der Waals surface area contributed by atoms with Crippen molar-refractivity contribution < 1.29 is 19.1 Å². The zero-order valence-electron chi connectivity index (χ0n) is 18.6. The van der Waals surface area contributed by atoms with Gasteiger partial charge in [0.15, 0.2) is 0 Å². The first-order chi connectivity index (χ1) is 15.6. The first-order valence-electron chi connectivity index (χ1n) is 11.3. The number of carbonyl (C=O) groups excluding carboxylic acids is 2. The van der Waals surface area contributed by atoms with E-state index in [1.807, 2.05) is 42.5 Å². The topological polar surface area (TPSA) is 71.1 Å². The number of benzene rings is 2. The molecule has 32 heavy (non-hydrogen) atoms. The summed E-state index contributed by atoms with van der Waals surface area (Å²) < 4.78 is 11.1. The van der Waals surface area contributed by atoms with Crippen molar-refractivity contribution in [3.05, 3.63) is 54.1 Å². The summed E-state index contributed by atoms with van der Waals surface area (Å²) in [6.45, 7) is 3.68. The maximum absolute atomic E-state index is 12.7. The lowest BCUT2D eigenvalue weighted by molar-refractivity contribution is -0.126. The molecule has 0 radical (unpaired) electrons. The van der Waals surface area contributed by atoms with Crippen molar-refractivity contribution >= 4 is 17.5 Å². The van der Waals surface area contributed by atoms with E-state index in [4.69, 9.17) is 9.47 Å². The van der Waals surface area contributed by atoms with Gasteiger partial charge in [-0.2, -0.15) is 0 Å². The maximum atomic E-state index is 12.7. The minimum Gasteiger partial charge on any atom is -0.496 e. The number of ether oxygens (including phenoxy) is 2. The van der Waals surface area contributed by atoms with Crippen molar-refractivity contribution in [2.24, 2.45) is 0 Å². The van der Waals surface area contributed by atoms with E-state index in [0.29, 0.717) is 13.2 Å². The highest BCUT2D eigenvalue weighted by atomic mass is 16.5. The van der Waals surface area contributed by atoms with Crippen LogP contribution in [0.1, 0.15) is 31.2 Å². The normalized spacial score (nSPS) is 16.7. The molecule has 2 aliphatic rings. The smallest absolute Gasteiger partial charge is 0.227 e. The Kier molecular flexibility index (Phi) is 7.27. The van der Waals surface area contributed by atoms with Crippen LogP contribution in [0.25, 0.3) is 0 Å². The van der Waals surface area contributed by atoms with E-state index in [9.17, 15) is 9.59 Å². The lowest BCUT2D eigenvalue weighted by Gasteiger charge is -2.32. The molecule has 7 nitrogen and oxygen atoms in total. The second-order valence-electron chi connectivity index (χ2n) is 8.29. The van der Waals surface area contributed by atoms with Gasteiger partial charge in [0.1, 0.15) is 18.1 Å². The number of nitrogens with zero attached hydrogens (tertiary/aromatic N) is 2. The van der Waals surface area contributed by atoms with Gasteiger partial charge in [0.25, 0.3) is 0 Å². The van der Waals surface area contributed by atoms with E-state index in [-0.39, 0.29) is 30.7 Å². The molecule has 7 heteroatoms. The van der Waals surface area contributed by atoms with Crippen LogP contribution in [-0.2, 0) is 16.1 Å². The maximum Gasteiger partial charge on any atom is 0.227 e. The van der Waals surface area contributed by atoms with Crippen molar-refractivity contribution in [3.63, 3.8) is 0 Å². The third-order valence-electron chi connectivity index (χ3n) is 6.13. The van der Waals surface area contributed by atoms with E-state index in [2.05, 4.69) is 16.3 Å². The van der Waals surface area contributed by atoms with Crippen molar-refractivity contribution in [2.75, 3.05) is 38.3 Å². The number of nitrogens with one attached hydrogen (secondary N) is 1. The summed E-state index contributed by atoms with van der Waals surface area (Å²) in [6, 6.07) is 15.8. The van der Waals surface area contributed by atoms with Crippen molar-refractivity contribution in [3.8, 4) is 11.5 Å². The Morgan fingerprint density at radius 2 is 1.78 bits per heavy atom. The van der Waals surface area contributed by atoms with Gasteiger partial charge >= 0.3 is 0 Å². The number of carbonyl (C=O) groups is 2. The number of likely N-dealkylation sites (tertiary alicyclic amines) is 1. The summed E-state index contributed by atoms with van der Waals surface area (Å²) in [6.07, 6.45) is 2.23. The van der Waals surface area contributed by atoms with Crippen LogP contribution >= 0.6 is 0 Å². The largest absolute Gasteiger partial charge is 0.496 e. The van der Waals surface area contributed by atoms with Crippen LogP contribution in [0.2, 0.25) is 0 Å². The Hall–Kier alpha value is -3.06. The molecule has 0 atom stereocenters. The van der Waals surface area contributed by atoms with Crippen molar-refractivity contribution in [1.29, 1.82) is 0 Å². The molecule has 1 N–H and O–H groups in total. The fourth-order valence-corrected chi connectivity index (χ4v) is 4.39. The highest BCUT2D eigenvalue weighted by Crippen LogP contribution is 2.31. The lowest BCUT2D eigenvalue weighted by atomic mass is 10.0. The summed E-state index contributed by atoms with van der Waals surface area (Å²) in [7, 11) is 1.70. The van der Waals surface area contributed by atoms with Crippen LogP contribution in [0.4, 0.5) is 5.69 Å². The quantitative estimate of drug-likeness (QED) is 0.721. The van der Waals surface area contributed by atoms with Gasteiger partial charge < -0.3 is 19.7 Å². The first kappa shape index (κ1) is 22.1. The molecule has 0 unspecified atom stereocenters. The molecule has 1 fully saturated rings. The van der Waals surface area contributed by atoms with E-state index in [0.717, 1.165) is 49.7 Å². The van der Waals surface area contributed by atoms with Gasteiger partial charge in [-0.1, -0.05) is 30.3 Å². The van der Waals surface area contributed by atoms with E-state index >= 15 is 0 Å². The molecule has 4 rings (SSSR count). The molecule has 2 aromatic carbocycles. The molecule has 2 aromatic rings. The monoisotopic (exact) mass is 437 g/mol. The average Bonchev–Trinajstić information content (AvgIpc) is 2.83. The fraction of sp³-hybridized carbons (Fsp3) is 0.440. The van der Waals surface area contributed by atoms with E-state index < -0.39 is 0 Å². The third-order valence-corrected chi connectivity index (χ3v) is 6.13. The van der Waals surface area contributed by atoms with Crippen LogP contribution in [-0.4, -0.2) is 56.1 Å². The van der Waals surface area contributed by atoms with Gasteiger partial charge in [0, 0.05) is 44.1 Å². The summed E-state index contributed by atoms with van der Waals surface area (Å²) >= 11 is 0. The minimum absolute atomic E-state index is 0.0393. The van der Waals surface area contributed by atoms with Gasteiger partial charge in [-0.25, -0.2) is 0 Å². The number of hydrogen-bond donors (Lipinski definition) is 1. The Morgan fingerprint density at radius 1 is 1.03 bits per heavy atom. The SMILES string of the molecule is COc1ccccc1CN1CCC(NC(=O)CCC(=O)N2CCOc3ccccc32)CC1. The van der Waals surface area contributed by atoms with E-state index in [1.54, 1.807) is 12.0 Å². The summed E-state index contributed by atoms with van der Waals surface area (Å²) in [5.74, 6) is 1.54. The van der Waals surface area contributed by atoms with Crippen LogP contribution < -0.4 is 19.7 Å². The minimum atomic E-state index is -0.0527. The second-order valence-corrected chi connectivity index (χ2v) is 8.29. The van der Waals surface area contributed by atoms with Gasteiger partial charge in [-0.3, -0.25) is 14.5 Å². The highest BCUT2D eigenvalue weighted by molar-refractivity contribution is 5.97. The molecule has 0 bridgehead atoms. The zero-order chi connectivity index (χ0) is 22.3. The Morgan fingerprint density at radius 3 is 2.59 bits per heavy atom. The number of para-hydroxylation sites is 3. The van der Waals surface area contributed by atoms with Gasteiger partial charge in [0.2, 0.25) is 11.8 Å². The number of fused-ring (bicyclic) bond motifs is 1. The van der Waals surface area contributed by atoms with Crippen molar-refractivity contribution in [2.45, 2.75) is 38.3 Å². The predicted molar refractivity (Wildman–Crippen MR) is 123 cm³/mol. The van der Waals surface area contributed by atoms with Gasteiger partial charge in [-0.15, -0.1) is 0 Å². The molecule has 2 heterocycles.